The summed E-state index contributed by atoms with van der Waals surface area (Å²) in [5.41, 5.74) is 5.70. The zero-order valence-electron chi connectivity index (χ0n) is 10.7. The highest BCUT2D eigenvalue weighted by Crippen LogP contribution is 2.34. The van der Waals surface area contributed by atoms with Crippen LogP contribution < -0.4 is 5.73 Å². The normalized spacial score (nSPS) is 32.5. The third kappa shape index (κ3) is 2.51. The molecule has 1 heterocycles. The lowest BCUT2D eigenvalue weighted by Gasteiger charge is -2.35. The number of carboxylic acid groups (broad SMARTS) is 1. The molecule has 1 amide bonds. The van der Waals surface area contributed by atoms with Crippen molar-refractivity contribution in [3.63, 3.8) is 0 Å². The maximum atomic E-state index is 12.5. The minimum atomic E-state index is -0.870. The smallest absolute Gasteiger partial charge is 0.326 e. The third-order valence-electron chi connectivity index (χ3n) is 4.35. The maximum absolute atomic E-state index is 12.5. The number of hydrogen-bond donors (Lipinski definition) is 2. The Morgan fingerprint density at radius 2 is 1.94 bits per heavy atom. The number of carboxylic acids is 1. The van der Waals surface area contributed by atoms with Gasteiger partial charge < -0.3 is 15.7 Å². The number of amides is 1. The number of likely N-dealkylation sites (tertiary alicyclic amines) is 1. The Balaban J connectivity index is 2.08. The molecule has 5 heteroatoms. The fraction of sp³-hybridized carbons (Fsp3) is 0.846. The molecular weight excluding hydrogens is 232 g/mol. The Morgan fingerprint density at radius 1 is 1.17 bits per heavy atom. The molecule has 3 N–H and O–H groups in total. The van der Waals surface area contributed by atoms with Crippen LogP contribution in [-0.2, 0) is 9.59 Å². The van der Waals surface area contributed by atoms with Crippen molar-refractivity contribution in [1.29, 1.82) is 0 Å². The standard InChI is InChI=1S/C13H22N2O3/c14-8-9-4-3-5-10(9)12(16)15-7-2-1-6-11(15)13(17)18/h9-11H,1-8,14H2,(H,17,18)/t9?,10?,11-/m0/s1. The van der Waals surface area contributed by atoms with Crippen molar-refractivity contribution in [2.45, 2.75) is 44.6 Å². The van der Waals surface area contributed by atoms with Gasteiger partial charge in [-0.3, -0.25) is 4.79 Å². The molecule has 2 unspecified atom stereocenters. The second kappa shape index (κ2) is 5.69. The topological polar surface area (TPSA) is 83.6 Å². The van der Waals surface area contributed by atoms with Gasteiger partial charge in [0, 0.05) is 12.5 Å². The number of piperidine rings is 1. The van der Waals surface area contributed by atoms with Gasteiger partial charge in [0.15, 0.2) is 0 Å². The van der Waals surface area contributed by atoms with E-state index in [2.05, 4.69) is 0 Å². The van der Waals surface area contributed by atoms with Crippen LogP contribution in [0.25, 0.3) is 0 Å². The van der Waals surface area contributed by atoms with E-state index in [0.717, 1.165) is 32.1 Å². The van der Waals surface area contributed by atoms with E-state index in [0.29, 0.717) is 19.5 Å². The summed E-state index contributed by atoms with van der Waals surface area (Å²) >= 11 is 0. The van der Waals surface area contributed by atoms with E-state index in [1.54, 1.807) is 4.90 Å². The number of aliphatic carboxylic acids is 1. The highest BCUT2D eigenvalue weighted by atomic mass is 16.4. The van der Waals surface area contributed by atoms with E-state index in [9.17, 15) is 14.7 Å². The first-order valence-electron chi connectivity index (χ1n) is 6.88. The fourth-order valence-corrected chi connectivity index (χ4v) is 3.31. The molecule has 0 aromatic carbocycles. The molecular formula is C13H22N2O3. The minimum absolute atomic E-state index is 0.0232. The summed E-state index contributed by atoms with van der Waals surface area (Å²) in [6.45, 7) is 1.12. The first-order valence-corrected chi connectivity index (χ1v) is 6.88. The molecule has 2 aliphatic rings. The van der Waals surface area contributed by atoms with E-state index in [1.165, 1.54) is 0 Å². The summed E-state index contributed by atoms with van der Waals surface area (Å²) in [7, 11) is 0. The van der Waals surface area contributed by atoms with Crippen LogP contribution in [-0.4, -0.2) is 41.0 Å². The fourth-order valence-electron chi connectivity index (χ4n) is 3.31. The monoisotopic (exact) mass is 254 g/mol. The molecule has 1 aliphatic heterocycles. The van der Waals surface area contributed by atoms with Crippen LogP contribution in [0.5, 0.6) is 0 Å². The lowest BCUT2D eigenvalue weighted by Crippen LogP contribution is -2.51. The highest BCUT2D eigenvalue weighted by molar-refractivity contribution is 5.85. The molecule has 1 aliphatic carbocycles. The summed E-state index contributed by atoms with van der Waals surface area (Å²) < 4.78 is 0. The van der Waals surface area contributed by atoms with Crippen LogP contribution in [0.15, 0.2) is 0 Å². The molecule has 0 bridgehead atoms. The van der Waals surface area contributed by atoms with Gasteiger partial charge in [-0.1, -0.05) is 6.42 Å². The molecule has 5 nitrogen and oxygen atoms in total. The largest absolute Gasteiger partial charge is 0.480 e. The van der Waals surface area contributed by atoms with Crippen LogP contribution in [0.3, 0.4) is 0 Å². The Hall–Kier alpha value is -1.10. The Morgan fingerprint density at radius 3 is 2.61 bits per heavy atom. The molecule has 0 radical (unpaired) electrons. The lowest BCUT2D eigenvalue weighted by molar-refractivity contribution is -0.154. The molecule has 102 valence electrons. The Kier molecular flexibility index (Phi) is 4.22. The molecule has 1 saturated heterocycles. The van der Waals surface area contributed by atoms with Crippen molar-refractivity contribution in [1.82, 2.24) is 4.90 Å². The van der Waals surface area contributed by atoms with E-state index in [-0.39, 0.29) is 17.7 Å². The summed E-state index contributed by atoms with van der Waals surface area (Å²) in [6.07, 6.45) is 5.29. The van der Waals surface area contributed by atoms with Gasteiger partial charge in [-0.15, -0.1) is 0 Å². The van der Waals surface area contributed by atoms with Crippen molar-refractivity contribution in [3.8, 4) is 0 Å². The molecule has 3 atom stereocenters. The molecule has 1 saturated carbocycles. The van der Waals surface area contributed by atoms with Crippen molar-refractivity contribution >= 4 is 11.9 Å². The van der Waals surface area contributed by atoms with Gasteiger partial charge in [-0.25, -0.2) is 4.79 Å². The maximum Gasteiger partial charge on any atom is 0.326 e. The number of rotatable bonds is 3. The second-order valence-electron chi connectivity index (χ2n) is 5.41. The SMILES string of the molecule is NCC1CCCC1C(=O)N1CCCC[C@H]1C(=O)O. The lowest BCUT2D eigenvalue weighted by atomic mass is 9.92. The highest BCUT2D eigenvalue weighted by Gasteiger charge is 2.39. The quantitative estimate of drug-likeness (QED) is 0.781. The number of carbonyl (C=O) groups is 2. The number of hydrogen-bond acceptors (Lipinski definition) is 3. The van der Waals surface area contributed by atoms with E-state index >= 15 is 0 Å². The molecule has 0 aromatic heterocycles. The summed E-state index contributed by atoms with van der Waals surface area (Å²) in [5.74, 6) is -0.649. The predicted octanol–water partition coefficient (Wildman–Crippen LogP) is 0.827. The molecule has 18 heavy (non-hydrogen) atoms. The van der Waals surface area contributed by atoms with Gasteiger partial charge in [0.25, 0.3) is 0 Å². The molecule has 0 aromatic rings. The van der Waals surface area contributed by atoms with Gasteiger partial charge in [-0.2, -0.15) is 0 Å². The average molecular weight is 254 g/mol. The van der Waals surface area contributed by atoms with Crippen molar-refractivity contribution < 1.29 is 14.7 Å². The van der Waals surface area contributed by atoms with Crippen LogP contribution >= 0.6 is 0 Å². The van der Waals surface area contributed by atoms with Crippen molar-refractivity contribution in [3.05, 3.63) is 0 Å². The summed E-state index contributed by atoms with van der Waals surface area (Å²) in [4.78, 5) is 25.3. The van der Waals surface area contributed by atoms with E-state index in [4.69, 9.17) is 5.73 Å². The molecule has 2 fully saturated rings. The van der Waals surface area contributed by atoms with Gasteiger partial charge in [0.1, 0.15) is 6.04 Å². The van der Waals surface area contributed by atoms with Gasteiger partial charge in [0.05, 0.1) is 0 Å². The van der Waals surface area contributed by atoms with Gasteiger partial charge >= 0.3 is 5.97 Å². The van der Waals surface area contributed by atoms with Gasteiger partial charge in [-0.05, 0) is 44.6 Å². The van der Waals surface area contributed by atoms with Crippen molar-refractivity contribution in [2.24, 2.45) is 17.6 Å². The number of carbonyl (C=O) groups excluding carboxylic acids is 1. The molecule has 2 rings (SSSR count). The first-order chi connectivity index (χ1) is 8.65. The van der Waals surface area contributed by atoms with Crippen LogP contribution in [0.1, 0.15) is 38.5 Å². The van der Waals surface area contributed by atoms with Crippen LogP contribution in [0.4, 0.5) is 0 Å². The summed E-state index contributed by atoms with van der Waals surface area (Å²) in [5, 5.41) is 9.20. The average Bonchev–Trinajstić information content (AvgIpc) is 2.86. The Labute approximate surface area is 107 Å². The molecule has 0 spiro atoms. The number of nitrogens with zero attached hydrogens (tertiary/aromatic N) is 1. The van der Waals surface area contributed by atoms with Gasteiger partial charge in [0.2, 0.25) is 5.91 Å². The van der Waals surface area contributed by atoms with E-state index in [1.807, 2.05) is 0 Å². The number of nitrogens with two attached hydrogens (primary N) is 1. The third-order valence-corrected chi connectivity index (χ3v) is 4.35. The zero-order chi connectivity index (χ0) is 13.1. The predicted molar refractivity (Wildman–Crippen MR) is 66.9 cm³/mol. The van der Waals surface area contributed by atoms with Crippen LogP contribution in [0, 0.1) is 11.8 Å². The van der Waals surface area contributed by atoms with Crippen LogP contribution in [0.2, 0.25) is 0 Å². The first kappa shape index (κ1) is 13.3. The summed E-state index contributed by atoms with van der Waals surface area (Å²) in [6, 6.07) is -0.620. The second-order valence-corrected chi connectivity index (χ2v) is 5.41. The minimum Gasteiger partial charge on any atom is -0.480 e. The Bertz CT molecular complexity index is 332. The zero-order valence-corrected chi connectivity index (χ0v) is 10.7. The van der Waals surface area contributed by atoms with Crippen molar-refractivity contribution in [2.75, 3.05) is 13.1 Å². The van der Waals surface area contributed by atoms with E-state index < -0.39 is 12.0 Å².